The third-order valence-electron chi connectivity index (χ3n) is 3.82. The van der Waals surface area contributed by atoms with Crippen molar-refractivity contribution in [2.75, 3.05) is 19.8 Å². The van der Waals surface area contributed by atoms with Gasteiger partial charge in [-0.05, 0) is 23.5 Å². The van der Waals surface area contributed by atoms with E-state index in [0.717, 1.165) is 0 Å². The Morgan fingerprint density at radius 1 is 1.29 bits per heavy atom. The number of sulfonamides is 1. The average molecular weight is 409 g/mol. The number of fused-ring (bicyclic) bond motifs is 1. The first-order valence-electron chi connectivity index (χ1n) is 8.54. The van der Waals surface area contributed by atoms with Gasteiger partial charge >= 0.3 is 11.8 Å². The van der Waals surface area contributed by atoms with Crippen LogP contribution < -0.4 is 18.9 Å². The molecule has 0 saturated carbocycles. The van der Waals surface area contributed by atoms with Gasteiger partial charge in [-0.25, -0.2) is 17.9 Å². The van der Waals surface area contributed by atoms with Gasteiger partial charge in [-0.2, -0.15) is 0 Å². The summed E-state index contributed by atoms with van der Waals surface area (Å²) in [4.78, 5) is 15.6. The van der Waals surface area contributed by atoms with Crippen molar-refractivity contribution in [3.63, 3.8) is 0 Å². The van der Waals surface area contributed by atoms with Crippen LogP contribution >= 0.6 is 0 Å². The molecular formula is C17H19N3O7S. The number of esters is 1. The molecule has 0 unspecified atom stereocenters. The van der Waals surface area contributed by atoms with E-state index in [9.17, 15) is 18.4 Å². The molecule has 1 aliphatic rings. The highest BCUT2D eigenvalue weighted by Crippen LogP contribution is 2.32. The number of benzene rings is 1. The normalized spacial score (nSPS) is 13.1. The summed E-state index contributed by atoms with van der Waals surface area (Å²) in [6.45, 7) is 0.586. The quantitative estimate of drug-likeness (QED) is 0.285. The molecule has 10 nitrogen and oxygen atoms in total. The molecule has 1 N–H and O–H groups in total. The van der Waals surface area contributed by atoms with Gasteiger partial charge < -0.3 is 19.4 Å². The van der Waals surface area contributed by atoms with Crippen molar-refractivity contribution in [3.8, 4) is 11.5 Å². The van der Waals surface area contributed by atoms with Gasteiger partial charge in [0.05, 0.1) is 11.1 Å². The minimum absolute atomic E-state index is 0.00461. The largest absolute Gasteiger partial charge is 0.711 e. The number of nitrogens with zero attached hydrogens (tertiary/aromatic N) is 2. The first-order chi connectivity index (χ1) is 13.5. The number of hydrogen-bond acceptors (Lipinski definition) is 8. The summed E-state index contributed by atoms with van der Waals surface area (Å²) in [6.07, 6.45) is 2.91. The van der Waals surface area contributed by atoms with Crippen molar-refractivity contribution in [3.05, 3.63) is 47.7 Å². The van der Waals surface area contributed by atoms with Gasteiger partial charge in [0.1, 0.15) is 19.4 Å². The zero-order chi connectivity index (χ0) is 20.0. The van der Waals surface area contributed by atoms with Crippen LogP contribution in [0, 0.1) is 5.21 Å². The van der Waals surface area contributed by atoms with Crippen molar-refractivity contribution in [1.82, 2.24) is 9.71 Å². The molecule has 1 aliphatic heterocycles. The van der Waals surface area contributed by atoms with Gasteiger partial charge in [0.15, 0.2) is 18.1 Å². The topological polar surface area (TPSA) is 131 Å². The smallest absolute Gasteiger partial charge is 0.339 e. The van der Waals surface area contributed by atoms with Crippen LogP contribution in [-0.4, -0.2) is 39.1 Å². The molecule has 0 spiro atoms. The fourth-order valence-electron chi connectivity index (χ4n) is 2.42. The van der Waals surface area contributed by atoms with Gasteiger partial charge in [-0.3, -0.25) is 4.79 Å². The summed E-state index contributed by atoms with van der Waals surface area (Å²) in [7, 11) is -3.74. The van der Waals surface area contributed by atoms with E-state index in [0.29, 0.717) is 29.4 Å². The van der Waals surface area contributed by atoms with E-state index in [2.05, 4.69) is 9.71 Å². The maximum atomic E-state index is 12.3. The Morgan fingerprint density at radius 3 is 2.86 bits per heavy atom. The van der Waals surface area contributed by atoms with Crippen molar-refractivity contribution in [2.24, 2.45) is 0 Å². The summed E-state index contributed by atoms with van der Waals surface area (Å²) in [5.74, 6) is 0.391. The maximum absolute atomic E-state index is 12.3. The van der Waals surface area contributed by atoms with Crippen molar-refractivity contribution >= 4 is 16.0 Å². The lowest BCUT2D eigenvalue weighted by Gasteiger charge is -2.18. The zero-order valence-electron chi connectivity index (χ0n) is 14.9. The van der Waals surface area contributed by atoms with E-state index in [1.807, 2.05) is 0 Å². The fraction of sp³-hybridized carbons (Fsp3) is 0.353. The molecule has 2 heterocycles. The number of carbonyl (C=O) groups is 1. The standard InChI is InChI=1S/C17H19N3O7S/c21-17(27-12-16-18-6-2-8-20(16)22)3-1-7-19-28(23,24)13-4-5-14-15(11-13)26-10-9-25-14/h2,4-6,8,11,19H,1,3,7,9-10,12H2. The summed E-state index contributed by atoms with van der Waals surface area (Å²) >= 11 is 0. The second-order valence-electron chi connectivity index (χ2n) is 5.83. The van der Waals surface area contributed by atoms with Gasteiger partial charge in [-0.15, -0.1) is 0 Å². The van der Waals surface area contributed by atoms with Crippen molar-refractivity contribution in [1.29, 1.82) is 0 Å². The first-order valence-corrected chi connectivity index (χ1v) is 10.0. The lowest BCUT2D eigenvalue weighted by atomic mass is 10.3. The van der Waals surface area contributed by atoms with Crippen LogP contribution in [0.15, 0.2) is 41.6 Å². The van der Waals surface area contributed by atoms with Gasteiger partial charge in [0.2, 0.25) is 10.0 Å². The number of hydrogen-bond donors (Lipinski definition) is 1. The van der Waals surface area contributed by atoms with E-state index in [1.54, 1.807) is 6.07 Å². The molecule has 0 radical (unpaired) electrons. The number of nitrogens with one attached hydrogen (secondary N) is 1. The van der Waals surface area contributed by atoms with Crippen molar-refractivity contribution < 1.29 is 32.2 Å². The van der Waals surface area contributed by atoms with E-state index < -0.39 is 16.0 Å². The van der Waals surface area contributed by atoms with Crippen LogP contribution in [0.2, 0.25) is 0 Å². The highest BCUT2D eigenvalue weighted by atomic mass is 32.2. The highest BCUT2D eigenvalue weighted by Gasteiger charge is 2.19. The van der Waals surface area contributed by atoms with Gasteiger partial charge in [0.25, 0.3) is 0 Å². The molecule has 1 aromatic heterocycles. The van der Waals surface area contributed by atoms with E-state index in [4.69, 9.17) is 14.2 Å². The molecule has 150 valence electrons. The van der Waals surface area contributed by atoms with Crippen LogP contribution in [0.25, 0.3) is 0 Å². The third kappa shape index (κ3) is 5.08. The van der Waals surface area contributed by atoms with E-state index in [1.165, 1.54) is 30.6 Å². The van der Waals surface area contributed by atoms with E-state index in [-0.39, 0.29) is 36.7 Å². The predicted octanol–water partition coefficient (Wildman–Crippen LogP) is 0.288. The van der Waals surface area contributed by atoms with Crippen LogP contribution in [0.1, 0.15) is 18.7 Å². The number of carbonyl (C=O) groups excluding carboxylic acids is 1. The maximum Gasteiger partial charge on any atom is 0.339 e. The minimum atomic E-state index is -3.74. The van der Waals surface area contributed by atoms with Crippen LogP contribution in [0.4, 0.5) is 0 Å². The molecule has 11 heteroatoms. The van der Waals surface area contributed by atoms with E-state index >= 15 is 0 Å². The van der Waals surface area contributed by atoms with Gasteiger partial charge in [-0.1, -0.05) is 0 Å². The van der Waals surface area contributed by atoms with Gasteiger partial charge in [0, 0.05) is 25.1 Å². The fourth-order valence-corrected chi connectivity index (χ4v) is 3.51. The Kier molecular flexibility index (Phi) is 6.26. The molecule has 1 aromatic carbocycles. The lowest BCUT2D eigenvalue weighted by molar-refractivity contribution is -0.620. The molecule has 28 heavy (non-hydrogen) atoms. The second-order valence-corrected chi connectivity index (χ2v) is 7.60. The Hall–Kier alpha value is -2.92. The molecule has 0 aliphatic carbocycles. The molecule has 3 rings (SSSR count). The average Bonchev–Trinajstić information content (AvgIpc) is 2.70. The SMILES string of the molecule is O=C(CCCNS(=O)(=O)c1ccc2c(c1)OCCO2)OCc1nccc[n+]1[O-]. The molecule has 0 atom stereocenters. The lowest BCUT2D eigenvalue weighted by Crippen LogP contribution is -2.33. The summed E-state index contributed by atoms with van der Waals surface area (Å²) < 4.78 is 43.3. The highest BCUT2D eigenvalue weighted by molar-refractivity contribution is 7.89. The molecule has 2 aromatic rings. The Morgan fingerprint density at radius 2 is 2.07 bits per heavy atom. The van der Waals surface area contributed by atoms with Crippen LogP contribution in [-0.2, 0) is 26.2 Å². The molecule has 0 fully saturated rings. The van der Waals surface area contributed by atoms with Crippen LogP contribution in [0.5, 0.6) is 11.5 Å². The van der Waals surface area contributed by atoms with Crippen LogP contribution in [0.3, 0.4) is 0 Å². The first kappa shape index (κ1) is 19.8. The summed E-state index contributed by atoms with van der Waals surface area (Å²) in [6, 6.07) is 5.83. The Balaban J connectivity index is 1.44. The predicted molar refractivity (Wildman–Crippen MR) is 94.8 cm³/mol. The zero-order valence-corrected chi connectivity index (χ0v) is 15.7. The number of aromatic nitrogens is 2. The number of ether oxygens (including phenoxy) is 3. The summed E-state index contributed by atoms with van der Waals surface area (Å²) in [5.41, 5.74) is 0. The molecule has 0 amide bonds. The Bertz CT molecular complexity index is 950. The second kappa shape index (κ2) is 8.85. The Labute approximate surface area is 161 Å². The molecule has 0 saturated heterocycles. The molecular weight excluding hydrogens is 390 g/mol. The molecule has 0 bridgehead atoms. The third-order valence-corrected chi connectivity index (χ3v) is 5.28. The van der Waals surface area contributed by atoms with Crippen molar-refractivity contribution in [2.45, 2.75) is 24.3 Å². The summed E-state index contributed by atoms with van der Waals surface area (Å²) in [5, 5.41) is 11.4. The minimum Gasteiger partial charge on any atom is -0.711 e. The monoisotopic (exact) mass is 409 g/mol. The number of rotatable bonds is 8.